The van der Waals surface area contributed by atoms with Crippen LogP contribution in [0.25, 0.3) is 10.4 Å². The fraction of sp³-hybridized carbons (Fsp3) is 0.455. The van der Waals surface area contributed by atoms with Gasteiger partial charge in [-0.3, -0.25) is 20.2 Å². The highest BCUT2D eigenvalue weighted by Gasteiger charge is 2.42. The van der Waals surface area contributed by atoms with Crippen molar-refractivity contribution in [3.63, 3.8) is 0 Å². The maximum Gasteiger partial charge on any atom is 0.417 e. The average Bonchev–Trinajstić information content (AvgIpc) is 2.45. The number of nitro benzene ring substituents is 2. The molecule has 1 aromatic rings. The Kier molecular flexibility index (Phi) is 5.53. The minimum absolute atomic E-state index is 0.113. The quantitative estimate of drug-likeness (QED) is 0.261. The Balaban J connectivity index is 3.98. The first-order valence-electron chi connectivity index (χ1n) is 6.43. The number of alkyl halides is 3. The van der Waals surface area contributed by atoms with Crippen LogP contribution in [0.1, 0.15) is 25.8 Å². The van der Waals surface area contributed by atoms with Crippen molar-refractivity contribution < 1.29 is 23.0 Å². The van der Waals surface area contributed by atoms with Gasteiger partial charge in [0, 0.05) is 17.0 Å². The summed E-state index contributed by atoms with van der Waals surface area (Å²) in [7, 11) is 0. The fourth-order valence-corrected chi connectivity index (χ4v) is 1.82. The maximum absolute atomic E-state index is 13.1. The molecule has 0 bridgehead atoms. The molecule has 130 valence electrons. The summed E-state index contributed by atoms with van der Waals surface area (Å²) in [5.74, 6) is 0. The number of hydrogen-bond donors (Lipinski definition) is 1. The molecule has 0 aliphatic heterocycles. The standard InChI is InChI=1S/C11H11F3N6O4/c1-3-5(2)16-9-7(19(21)22)4-6(11(12,13)14)8(17-18-15)10(9)20(23)24/h4-5,16H,3H2,1-2H3. The monoisotopic (exact) mass is 348 g/mol. The van der Waals surface area contributed by atoms with Crippen LogP contribution in [0.4, 0.5) is 35.9 Å². The molecule has 0 spiro atoms. The summed E-state index contributed by atoms with van der Waals surface area (Å²) < 4.78 is 39.2. The zero-order valence-corrected chi connectivity index (χ0v) is 12.4. The number of anilines is 1. The Bertz CT molecular complexity index is 729. The van der Waals surface area contributed by atoms with E-state index in [-0.39, 0.29) is 6.07 Å². The van der Waals surface area contributed by atoms with Crippen molar-refractivity contribution in [3.8, 4) is 0 Å². The molecule has 10 nitrogen and oxygen atoms in total. The van der Waals surface area contributed by atoms with Gasteiger partial charge in [-0.2, -0.15) is 13.2 Å². The second-order valence-electron chi connectivity index (χ2n) is 4.67. The molecule has 0 aromatic heterocycles. The molecule has 24 heavy (non-hydrogen) atoms. The topological polar surface area (TPSA) is 147 Å². The average molecular weight is 348 g/mol. The Morgan fingerprint density at radius 2 is 1.96 bits per heavy atom. The highest BCUT2D eigenvalue weighted by atomic mass is 19.4. The van der Waals surface area contributed by atoms with Crippen LogP contribution in [0.15, 0.2) is 11.2 Å². The molecule has 0 aliphatic carbocycles. The van der Waals surface area contributed by atoms with Crippen LogP contribution < -0.4 is 5.32 Å². The van der Waals surface area contributed by atoms with Crippen LogP contribution in [0, 0.1) is 20.2 Å². The molecule has 1 N–H and O–H groups in total. The largest absolute Gasteiger partial charge is 0.417 e. The molecule has 0 saturated heterocycles. The number of hydrogen-bond acceptors (Lipinski definition) is 6. The van der Waals surface area contributed by atoms with Crippen molar-refractivity contribution >= 4 is 22.7 Å². The third-order valence-electron chi connectivity index (χ3n) is 3.09. The van der Waals surface area contributed by atoms with Gasteiger partial charge in [-0.15, -0.1) is 0 Å². The molecule has 1 rings (SSSR count). The summed E-state index contributed by atoms with van der Waals surface area (Å²) in [5.41, 5.74) is 2.17. The van der Waals surface area contributed by atoms with Gasteiger partial charge in [-0.05, 0) is 18.9 Å². The molecule has 1 atom stereocenters. The first-order valence-corrected chi connectivity index (χ1v) is 6.43. The van der Waals surface area contributed by atoms with E-state index in [0.717, 1.165) is 0 Å². The van der Waals surface area contributed by atoms with Gasteiger partial charge >= 0.3 is 11.9 Å². The molecule has 0 fully saturated rings. The van der Waals surface area contributed by atoms with E-state index in [9.17, 15) is 33.4 Å². The van der Waals surface area contributed by atoms with Crippen LogP contribution in [-0.2, 0) is 6.18 Å². The van der Waals surface area contributed by atoms with Crippen molar-refractivity contribution in [2.45, 2.75) is 32.5 Å². The summed E-state index contributed by atoms with van der Waals surface area (Å²) in [6.07, 6.45) is -4.81. The van der Waals surface area contributed by atoms with E-state index in [4.69, 9.17) is 5.53 Å². The van der Waals surface area contributed by atoms with Crippen molar-refractivity contribution in [2.24, 2.45) is 5.11 Å². The van der Waals surface area contributed by atoms with E-state index in [2.05, 4.69) is 15.3 Å². The number of halogens is 3. The summed E-state index contributed by atoms with van der Waals surface area (Å²) in [6, 6.07) is -0.403. The van der Waals surface area contributed by atoms with Crippen molar-refractivity contribution in [2.75, 3.05) is 5.32 Å². The zero-order valence-electron chi connectivity index (χ0n) is 12.4. The van der Waals surface area contributed by atoms with Crippen molar-refractivity contribution in [1.29, 1.82) is 0 Å². The minimum Gasteiger partial charge on any atom is -0.371 e. The molecule has 1 unspecified atom stereocenters. The lowest BCUT2D eigenvalue weighted by Crippen LogP contribution is -2.17. The number of nitrogens with one attached hydrogen (secondary N) is 1. The predicted molar refractivity (Wildman–Crippen MR) is 76.9 cm³/mol. The van der Waals surface area contributed by atoms with Crippen LogP contribution in [0.2, 0.25) is 0 Å². The Hall–Kier alpha value is -3.08. The van der Waals surface area contributed by atoms with E-state index in [0.29, 0.717) is 6.42 Å². The van der Waals surface area contributed by atoms with Crippen molar-refractivity contribution in [1.82, 2.24) is 0 Å². The highest BCUT2D eigenvalue weighted by Crippen LogP contribution is 2.49. The number of nitro groups is 2. The Labute approximate surface area is 132 Å². The SMILES string of the molecule is CCC(C)Nc1c([N+](=O)[O-])cc(C(F)(F)F)c(N=[N+]=[N-])c1[N+](=O)[O-]. The lowest BCUT2D eigenvalue weighted by molar-refractivity contribution is -0.392. The Morgan fingerprint density at radius 3 is 2.33 bits per heavy atom. The van der Waals surface area contributed by atoms with Gasteiger partial charge < -0.3 is 5.32 Å². The van der Waals surface area contributed by atoms with E-state index in [1.165, 1.54) is 6.92 Å². The lowest BCUT2D eigenvalue weighted by Gasteiger charge is -2.16. The third kappa shape index (κ3) is 3.81. The molecule has 13 heteroatoms. The van der Waals surface area contributed by atoms with Crippen LogP contribution in [0.3, 0.4) is 0 Å². The predicted octanol–water partition coefficient (Wildman–Crippen LogP) is 4.67. The fourth-order valence-electron chi connectivity index (χ4n) is 1.82. The Morgan fingerprint density at radius 1 is 1.38 bits per heavy atom. The summed E-state index contributed by atoms with van der Waals surface area (Å²) >= 11 is 0. The van der Waals surface area contributed by atoms with Crippen LogP contribution >= 0.6 is 0 Å². The van der Waals surface area contributed by atoms with E-state index in [1.807, 2.05) is 0 Å². The molecule has 0 amide bonds. The first-order chi connectivity index (χ1) is 11.0. The van der Waals surface area contributed by atoms with Gasteiger partial charge in [-0.25, -0.2) is 0 Å². The smallest absolute Gasteiger partial charge is 0.371 e. The van der Waals surface area contributed by atoms with Crippen LogP contribution in [-0.4, -0.2) is 15.9 Å². The summed E-state index contributed by atoms with van der Waals surface area (Å²) in [6.45, 7) is 3.19. The minimum atomic E-state index is -5.19. The summed E-state index contributed by atoms with van der Waals surface area (Å²) in [5, 5.41) is 27.5. The van der Waals surface area contributed by atoms with E-state index in [1.54, 1.807) is 6.92 Å². The van der Waals surface area contributed by atoms with Gasteiger partial charge in [0.25, 0.3) is 5.69 Å². The normalized spacial score (nSPS) is 12.2. The molecular formula is C11H11F3N6O4. The number of rotatable bonds is 6. The second kappa shape index (κ2) is 7.00. The van der Waals surface area contributed by atoms with Gasteiger partial charge in [-0.1, -0.05) is 12.0 Å². The molecule has 0 heterocycles. The molecular weight excluding hydrogens is 337 g/mol. The molecule has 1 aromatic carbocycles. The van der Waals surface area contributed by atoms with Crippen LogP contribution in [0.5, 0.6) is 0 Å². The van der Waals surface area contributed by atoms with E-state index < -0.39 is 50.4 Å². The zero-order chi connectivity index (χ0) is 18.7. The van der Waals surface area contributed by atoms with Crippen molar-refractivity contribution in [3.05, 3.63) is 42.3 Å². The number of nitrogens with zero attached hydrogens (tertiary/aromatic N) is 5. The van der Waals surface area contributed by atoms with Gasteiger partial charge in [0.2, 0.25) is 0 Å². The van der Waals surface area contributed by atoms with E-state index >= 15 is 0 Å². The van der Waals surface area contributed by atoms with Gasteiger partial charge in [0.05, 0.1) is 15.4 Å². The molecule has 0 aliphatic rings. The van der Waals surface area contributed by atoms with Gasteiger partial charge in [0.15, 0.2) is 5.69 Å². The number of benzene rings is 1. The number of azide groups is 1. The lowest BCUT2D eigenvalue weighted by atomic mass is 10.1. The first kappa shape index (κ1) is 19.0. The third-order valence-corrected chi connectivity index (χ3v) is 3.09. The maximum atomic E-state index is 13.1. The highest BCUT2D eigenvalue weighted by molar-refractivity contribution is 5.85. The molecule has 0 radical (unpaired) electrons. The summed E-state index contributed by atoms with van der Waals surface area (Å²) in [4.78, 5) is 22.1. The van der Waals surface area contributed by atoms with Gasteiger partial charge in [0.1, 0.15) is 5.69 Å². The second-order valence-corrected chi connectivity index (χ2v) is 4.67. The molecule has 0 saturated carbocycles.